The van der Waals surface area contributed by atoms with Gasteiger partial charge in [0, 0.05) is 26.2 Å². The Balaban J connectivity index is 1.47. The number of piperazine rings is 1. The zero-order valence-electron chi connectivity index (χ0n) is 13.2. The molecule has 1 aliphatic heterocycles. The van der Waals surface area contributed by atoms with Crippen molar-refractivity contribution in [1.82, 2.24) is 4.90 Å². The minimum atomic E-state index is 0.652. The van der Waals surface area contributed by atoms with Crippen LogP contribution in [0.25, 0.3) is 0 Å². The summed E-state index contributed by atoms with van der Waals surface area (Å²) in [5.74, 6) is 0.981. The van der Waals surface area contributed by atoms with Gasteiger partial charge in [-0.2, -0.15) is 0 Å². The number of rotatable bonds is 4. The Labute approximate surface area is 144 Å². The van der Waals surface area contributed by atoms with Gasteiger partial charge in [-0.25, -0.2) is 0 Å². The van der Waals surface area contributed by atoms with E-state index in [-0.39, 0.29) is 0 Å². The molecule has 1 aromatic carbocycles. The van der Waals surface area contributed by atoms with E-state index in [4.69, 9.17) is 23.2 Å². The predicted octanol–water partition coefficient (Wildman–Crippen LogP) is 5.09. The van der Waals surface area contributed by atoms with Crippen molar-refractivity contribution in [2.75, 3.05) is 37.6 Å². The maximum atomic E-state index is 6.34. The molecule has 2 nitrogen and oxygen atoms in total. The predicted molar refractivity (Wildman–Crippen MR) is 96.3 cm³/mol. The van der Waals surface area contributed by atoms with E-state index in [1.54, 1.807) is 0 Å². The van der Waals surface area contributed by atoms with Gasteiger partial charge < -0.3 is 4.90 Å². The Kier molecular flexibility index (Phi) is 5.89. The molecule has 0 bridgehead atoms. The highest BCUT2D eigenvalue weighted by atomic mass is 35.5. The standard InChI is InChI=1S/C18H26Cl2N2/c19-16-7-4-8-17(18(16)20)22-13-11-21(12-14-22)10-9-15-5-2-1-3-6-15/h4,7-8,15H,1-3,5-6,9-14H2. The van der Waals surface area contributed by atoms with Crippen LogP contribution in [0.1, 0.15) is 38.5 Å². The van der Waals surface area contributed by atoms with E-state index in [0.717, 1.165) is 37.8 Å². The molecule has 0 spiro atoms. The van der Waals surface area contributed by atoms with Gasteiger partial charge in [0.1, 0.15) is 0 Å². The Hall–Kier alpha value is -0.440. The van der Waals surface area contributed by atoms with Gasteiger partial charge in [-0.1, -0.05) is 61.4 Å². The summed E-state index contributed by atoms with van der Waals surface area (Å²) in [5, 5.41) is 1.35. The number of hydrogen-bond acceptors (Lipinski definition) is 2. The van der Waals surface area contributed by atoms with Gasteiger partial charge in [-0.3, -0.25) is 4.90 Å². The molecule has 2 fully saturated rings. The Bertz CT molecular complexity index is 478. The summed E-state index contributed by atoms with van der Waals surface area (Å²) in [6.07, 6.45) is 8.65. The molecule has 1 aromatic rings. The second-order valence-electron chi connectivity index (χ2n) is 6.69. The fourth-order valence-corrected chi connectivity index (χ4v) is 4.21. The van der Waals surface area contributed by atoms with E-state index in [1.165, 1.54) is 45.1 Å². The van der Waals surface area contributed by atoms with Crippen molar-refractivity contribution < 1.29 is 0 Å². The van der Waals surface area contributed by atoms with Crippen LogP contribution in [0.2, 0.25) is 10.0 Å². The molecule has 1 saturated carbocycles. The third kappa shape index (κ3) is 4.10. The van der Waals surface area contributed by atoms with Gasteiger partial charge in [0.2, 0.25) is 0 Å². The van der Waals surface area contributed by atoms with Crippen molar-refractivity contribution in [2.45, 2.75) is 38.5 Å². The molecule has 0 amide bonds. The van der Waals surface area contributed by atoms with Crippen LogP contribution in [0.5, 0.6) is 0 Å². The summed E-state index contributed by atoms with van der Waals surface area (Å²) in [7, 11) is 0. The second-order valence-corrected chi connectivity index (χ2v) is 7.48. The van der Waals surface area contributed by atoms with Crippen molar-refractivity contribution in [2.24, 2.45) is 5.92 Å². The molecular formula is C18H26Cl2N2. The maximum absolute atomic E-state index is 6.34. The smallest absolute Gasteiger partial charge is 0.0825 e. The first kappa shape index (κ1) is 16.4. The van der Waals surface area contributed by atoms with Gasteiger partial charge in [-0.05, 0) is 31.0 Å². The van der Waals surface area contributed by atoms with E-state index in [1.807, 2.05) is 12.1 Å². The molecule has 4 heteroatoms. The van der Waals surface area contributed by atoms with Crippen molar-refractivity contribution in [3.05, 3.63) is 28.2 Å². The maximum Gasteiger partial charge on any atom is 0.0825 e. The van der Waals surface area contributed by atoms with Crippen LogP contribution in [-0.4, -0.2) is 37.6 Å². The average Bonchev–Trinajstić information content (AvgIpc) is 2.57. The lowest BCUT2D eigenvalue weighted by Gasteiger charge is -2.37. The van der Waals surface area contributed by atoms with Crippen molar-refractivity contribution in [1.29, 1.82) is 0 Å². The van der Waals surface area contributed by atoms with E-state index in [9.17, 15) is 0 Å². The normalized spacial score (nSPS) is 21.3. The molecule has 2 aliphatic rings. The van der Waals surface area contributed by atoms with Crippen LogP contribution in [0.3, 0.4) is 0 Å². The minimum absolute atomic E-state index is 0.652. The Morgan fingerprint density at radius 3 is 2.41 bits per heavy atom. The van der Waals surface area contributed by atoms with Crippen LogP contribution in [-0.2, 0) is 0 Å². The Morgan fingerprint density at radius 2 is 1.68 bits per heavy atom. The molecule has 122 valence electrons. The topological polar surface area (TPSA) is 6.48 Å². The molecular weight excluding hydrogens is 315 g/mol. The summed E-state index contributed by atoms with van der Waals surface area (Å²) >= 11 is 12.5. The second kappa shape index (κ2) is 7.90. The lowest BCUT2D eigenvalue weighted by Crippen LogP contribution is -2.47. The third-order valence-electron chi connectivity index (χ3n) is 5.22. The first-order valence-electron chi connectivity index (χ1n) is 8.65. The van der Waals surface area contributed by atoms with Crippen molar-refractivity contribution >= 4 is 28.9 Å². The average molecular weight is 341 g/mol. The molecule has 1 heterocycles. The third-order valence-corrected chi connectivity index (χ3v) is 6.03. The summed E-state index contributed by atoms with van der Waals surface area (Å²) in [6, 6.07) is 5.92. The van der Waals surface area contributed by atoms with E-state index >= 15 is 0 Å². The first-order valence-corrected chi connectivity index (χ1v) is 9.41. The molecule has 0 radical (unpaired) electrons. The lowest BCUT2D eigenvalue weighted by molar-refractivity contribution is 0.221. The van der Waals surface area contributed by atoms with Crippen molar-refractivity contribution in [3.8, 4) is 0 Å². The number of benzene rings is 1. The van der Waals surface area contributed by atoms with Gasteiger partial charge in [0.25, 0.3) is 0 Å². The molecule has 1 aliphatic carbocycles. The van der Waals surface area contributed by atoms with Crippen LogP contribution in [0, 0.1) is 5.92 Å². The zero-order chi connectivity index (χ0) is 15.4. The van der Waals surface area contributed by atoms with Crippen LogP contribution >= 0.6 is 23.2 Å². The highest BCUT2D eigenvalue weighted by Crippen LogP contribution is 2.33. The van der Waals surface area contributed by atoms with Crippen molar-refractivity contribution in [3.63, 3.8) is 0 Å². The highest BCUT2D eigenvalue weighted by Gasteiger charge is 2.21. The Morgan fingerprint density at radius 1 is 0.955 bits per heavy atom. The summed E-state index contributed by atoms with van der Waals surface area (Å²) in [6.45, 7) is 5.63. The monoisotopic (exact) mass is 340 g/mol. The minimum Gasteiger partial charge on any atom is -0.368 e. The SMILES string of the molecule is Clc1cccc(N2CCN(CCC3CCCCC3)CC2)c1Cl. The van der Waals surface area contributed by atoms with Gasteiger partial charge in [0.15, 0.2) is 0 Å². The number of anilines is 1. The van der Waals surface area contributed by atoms with Crippen LogP contribution in [0.4, 0.5) is 5.69 Å². The van der Waals surface area contributed by atoms with Crippen LogP contribution in [0.15, 0.2) is 18.2 Å². The number of halogens is 2. The number of nitrogens with zero attached hydrogens (tertiary/aromatic N) is 2. The molecule has 0 unspecified atom stereocenters. The largest absolute Gasteiger partial charge is 0.368 e. The summed E-state index contributed by atoms with van der Waals surface area (Å²) in [4.78, 5) is 4.98. The molecule has 22 heavy (non-hydrogen) atoms. The summed E-state index contributed by atoms with van der Waals surface area (Å²) in [5.41, 5.74) is 1.08. The fraction of sp³-hybridized carbons (Fsp3) is 0.667. The molecule has 1 saturated heterocycles. The van der Waals surface area contributed by atoms with E-state index in [0.29, 0.717) is 10.0 Å². The van der Waals surface area contributed by atoms with E-state index in [2.05, 4.69) is 15.9 Å². The summed E-state index contributed by atoms with van der Waals surface area (Å²) < 4.78 is 0. The van der Waals surface area contributed by atoms with Gasteiger partial charge >= 0.3 is 0 Å². The van der Waals surface area contributed by atoms with E-state index < -0.39 is 0 Å². The molecule has 0 atom stereocenters. The molecule has 3 rings (SSSR count). The van der Waals surface area contributed by atoms with Gasteiger partial charge in [-0.15, -0.1) is 0 Å². The lowest BCUT2D eigenvalue weighted by atomic mass is 9.87. The van der Waals surface area contributed by atoms with Gasteiger partial charge in [0.05, 0.1) is 15.7 Å². The quantitative estimate of drug-likeness (QED) is 0.753. The first-order chi connectivity index (χ1) is 10.7. The zero-order valence-corrected chi connectivity index (χ0v) is 14.7. The number of hydrogen-bond donors (Lipinski definition) is 0. The highest BCUT2D eigenvalue weighted by molar-refractivity contribution is 6.43. The van der Waals surface area contributed by atoms with Crippen LogP contribution < -0.4 is 4.90 Å². The molecule has 0 N–H and O–H groups in total. The fourth-order valence-electron chi connectivity index (χ4n) is 3.79. The molecule has 0 aromatic heterocycles.